The molecule has 0 saturated heterocycles. The largest absolute Gasteiger partial charge is 0.384 e. The fraction of sp³-hybridized carbons (Fsp3) is 0.500. The molecule has 1 amide bonds. The molecule has 1 aliphatic carbocycles. The van der Waals surface area contributed by atoms with Gasteiger partial charge in [0.05, 0.1) is 0 Å². The molecule has 0 radical (unpaired) electrons. The summed E-state index contributed by atoms with van der Waals surface area (Å²) in [7, 11) is 0. The van der Waals surface area contributed by atoms with Crippen LogP contribution in [0.3, 0.4) is 0 Å². The Morgan fingerprint density at radius 3 is 2.52 bits per heavy atom. The van der Waals surface area contributed by atoms with Crippen LogP contribution in [0.4, 0.5) is 0 Å². The van der Waals surface area contributed by atoms with Crippen LogP contribution in [-0.4, -0.2) is 24.2 Å². The van der Waals surface area contributed by atoms with Crippen LogP contribution >= 0.6 is 0 Å². The second-order valence-corrected chi connectivity index (χ2v) is 6.75. The minimum absolute atomic E-state index is 0.0684. The number of rotatable bonds is 3. The van der Waals surface area contributed by atoms with E-state index >= 15 is 0 Å². The lowest BCUT2D eigenvalue weighted by molar-refractivity contribution is 0.0950. The van der Waals surface area contributed by atoms with Crippen LogP contribution in [0, 0.1) is 28.6 Å². The third-order valence-electron chi connectivity index (χ3n) is 5.22. The number of benzene rings is 1. The van der Waals surface area contributed by atoms with Crippen LogP contribution in [0.25, 0.3) is 0 Å². The van der Waals surface area contributed by atoms with Crippen molar-refractivity contribution >= 4 is 5.91 Å². The highest BCUT2D eigenvalue weighted by Gasteiger charge is 2.64. The average molecular weight is 285 g/mol. The fourth-order valence-electron chi connectivity index (χ4n) is 3.02. The van der Waals surface area contributed by atoms with Crippen molar-refractivity contribution in [2.45, 2.75) is 27.7 Å². The average Bonchev–Trinajstić information content (AvgIpc) is 2.84. The number of hydrogen-bond donors (Lipinski definition) is 2. The highest BCUT2D eigenvalue weighted by molar-refractivity contribution is 5.94. The number of aliphatic hydroxyl groups excluding tert-OH is 1. The Balaban J connectivity index is 1.99. The summed E-state index contributed by atoms with van der Waals surface area (Å²) in [5.41, 5.74) is 1.89. The van der Waals surface area contributed by atoms with Gasteiger partial charge in [0.2, 0.25) is 0 Å². The maximum atomic E-state index is 12.2. The summed E-state index contributed by atoms with van der Waals surface area (Å²) in [6, 6.07) is 7.16. The molecule has 2 rings (SSSR count). The van der Waals surface area contributed by atoms with E-state index in [0.717, 1.165) is 5.56 Å². The van der Waals surface area contributed by atoms with Crippen LogP contribution in [0.5, 0.6) is 0 Å². The van der Waals surface area contributed by atoms with E-state index in [9.17, 15) is 4.79 Å². The van der Waals surface area contributed by atoms with Crippen LogP contribution in [-0.2, 0) is 0 Å². The zero-order valence-corrected chi connectivity index (χ0v) is 13.2. The molecule has 112 valence electrons. The van der Waals surface area contributed by atoms with Gasteiger partial charge in [0.1, 0.15) is 6.61 Å². The van der Waals surface area contributed by atoms with Crippen molar-refractivity contribution in [3.05, 3.63) is 35.4 Å². The van der Waals surface area contributed by atoms with E-state index in [1.807, 2.05) is 6.07 Å². The molecule has 1 aromatic carbocycles. The van der Waals surface area contributed by atoms with Crippen molar-refractivity contribution < 1.29 is 9.90 Å². The second-order valence-electron chi connectivity index (χ2n) is 6.75. The predicted molar refractivity (Wildman–Crippen MR) is 83.8 cm³/mol. The number of nitrogens with one attached hydrogen (secondary N) is 1. The Morgan fingerprint density at radius 1 is 1.29 bits per heavy atom. The molecule has 1 aromatic rings. The fourth-order valence-corrected chi connectivity index (χ4v) is 3.02. The lowest BCUT2D eigenvalue weighted by Crippen LogP contribution is -2.27. The van der Waals surface area contributed by atoms with Gasteiger partial charge in [0.25, 0.3) is 5.91 Å². The van der Waals surface area contributed by atoms with Gasteiger partial charge >= 0.3 is 0 Å². The zero-order chi connectivity index (χ0) is 15.7. The van der Waals surface area contributed by atoms with Crippen LogP contribution in [0.2, 0.25) is 0 Å². The van der Waals surface area contributed by atoms with Crippen LogP contribution in [0.15, 0.2) is 24.3 Å². The first kappa shape index (κ1) is 15.6. The number of carbonyl (C=O) groups is 1. The Kier molecular flexibility index (Phi) is 4.11. The predicted octanol–water partition coefficient (Wildman–Crippen LogP) is 2.44. The zero-order valence-electron chi connectivity index (χ0n) is 13.2. The third-order valence-corrected chi connectivity index (χ3v) is 5.22. The first-order valence-electron chi connectivity index (χ1n) is 7.28. The van der Waals surface area contributed by atoms with Crippen molar-refractivity contribution in [1.29, 1.82) is 0 Å². The van der Waals surface area contributed by atoms with Gasteiger partial charge in [-0.3, -0.25) is 4.79 Å². The molecule has 0 aromatic heterocycles. The maximum absolute atomic E-state index is 12.2. The molecule has 1 saturated carbocycles. The summed E-state index contributed by atoms with van der Waals surface area (Å²) in [4.78, 5) is 12.2. The van der Waals surface area contributed by atoms with Crippen LogP contribution in [0.1, 0.15) is 43.6 Å². The second kappa shape index (κ2) is 5.54. The number of hydrogen-bond acceptors (Lipinski definition) is 2. The molecule has 0 spiro atoms. The van der Waals surface area contributed by atoms with E-state index in [1.165, 1.54) is 0 Å². The van der Waals surface area contributed by atoms with Gasteiger partial charge in [-0.25, -0.2) is 0 Å². The minimum Gasteiger partial charge on any atom is -0.384 e. The lowest BCUT2D eigenvalue weighted by atomic mass is 10.0. The maximum Gasteiger partial charge on any atom is 0.251 e. The van der Waals surface area contributed by atoms with E-state index in [2.05, 4.69) is 44.9 Å². The number of carbonyl (C=O) groups excluding carboxylic acids is 1. The van der Waals surface area contributed by atoms with E-state index in [0.29, 0.717) is 18.0 Å². The molecule has 0 aliphatic heterocycles. The highest BCUT2D eigenvalue weighted by atomic mass is 16.2. The van der Waals surface area contributed by atoms with E-state index in [-0.39, 0.29) is 23.3 Å². The first-order chi connectivity index (χ1) is 9.80. The normalized spacial score (nSPS) is 18.5. The minimum atomic E-state index is -0.178. The monoisotopic (exact) mass is 285 g/mol. The highest BCUT2D eigenvalue weighted by Crippen LogP contribution is 2.67. The molecule has 2 N–H and O–H groups in total. The summed E-state index contributed by atoms with van der Waals surface area (Å²) < 4.78 is 0. The van der Waals surface area contributed by atoms with Crippen molar-refractivity contribution in [1.82, 2.24) is 5.32 Å². The van der Waals surface area contributed by atoms with Crippen molar-refractivity contribution in [3.8, 4) is 11.8 Å². The summed E-state index contributed by atoms with van der Waals surface area (Å²) in [5.74, 6) is 5.84. The van der Waals surface area contributed by atoms with Gasteiger partial charge in [-0.15, -0.1) is 0 Å². The molecule has 1 fully saturated rings. The third kappa shape index (κ3) is 2.96. The SMILES string of the molecule is CC1(C)C(CNC(=O)c2cccc(C#CCO)c2)C1(C)C. The van der Waals surface area contributed by atoms with Gasteiger partial charge in [-0.2, -0.15) is 0 Å². The standard InChI is InChI=1S/C18H23NO2/c1-17(2)15(18(17,3)4)12-19-16(21)14-9-5-7-13(11-14)8-6-10-20/h5,7,9,11,15,20H,10,12H2,1-4H3,(H,19,21). The lowest BCUT2D eigenvalue weighted by Gasteiger charge is -2.07. The molecule has 0 bridgehead atoms. The number of aliphatic hydroxyl groups is 1. The molecular formula is C18H23NO2. The van der Waals surface area contributed by atoms with Gasteiger partial charge in [0, 0.05) is 17.7 Å². The van der Waals surface area contributed by atoms with Gasteiger partial charge in [-0.1, -0.05) is 45.6 Å². The summed E-state index contributed by atoms with van der Waals surface area (Å²) in [5, 5.41) is 11.7. The summed E-state index contributed by atoms with van der Waals surface area (Å²) in [6.45, 7) is 9.50. The molecule has 0 unspecified atom stereocenters. The molecule has 3 heteroatoms. The summed E-state index contributed by atoms with van der Waals surface area (Å²) >= 11 is 0. The molecule has 1 aliphatic rings. The van der Waals surface area contributed by atoms with E-state index in [1.54, 1.807) is 18.2 Å². The van der Waals surface area contributed by atoms with Gasteiger partial charge in [0.15, 0.2) is 0 Å². The quantitative estimate of drug-likeness (QED) is 0.838. The first-order valence-corrected chi connectivity index (χ1v) is 7.28. The molecular weight excluding hydrogens is 262 g/mol. The summed E-state index contributed by atoms with van der Waals surface area (Å²) in [6.07, 6.45) is 0. The topological polar surface area (TPSA) is 49.3 Å². The van der Waals surface area contributed by atoms with Crippen molar-refractivity contribution in [2.75, 3.05) is 13.2 Å². The van der Waals surface area contributed by atoms with Crippen LogP contribution < -0.4 is 5.32 Å². The van der Waals surface area contributed by atoms with E-state index < -0.39 is 0 Å². The Bertz CT molecular complexity index is 591. The van der Waals surface area contributed by atoms with E-state index in [4.69, 9.17) is 5.11 Å². The Morgan fingerprint density at radius 2 is 1.95 bits per heavy atom. The number of amides is 1. The van der Waals surface area contributed by atoms with Gasteiger partial charge < -0.3 is 10.4 Å². The van der Waals surface area contributed by atoms with Crippen molar-refractivity contribution in [3.63, 3.8) is 0 Å². The molecule has 3 nitrogen and oxygen atoms in total. The van der Waals surface area contributed by atoms with Gasteiger partial charge in [-0.05, 0) is 34.9 Å². The Labute approximate surface area is 126 Å². The Hall–Kier alpha value is -1.79. The molecule has 21 heavy (non-hydrogen) atoms. The van der Waals surface area contributed by atoms with Crippen molar-refractivity contribution in [2.24, 2.45) is 16.7 Å². The molecule has 0 heterocycles. The smallest absolute Gasteiger partial charge is 0.251 e. The molecule has 0 atom stereocenters.